The molecular weight excluding hydrogens is 374 g/mol. The van der Waals surface area contributed by atoms with E-state index in [0.29, 0.717) is 24.0 Å². The van der Waals surface area contributed by atoms with Crippen molar-refractivity contribution in [1.82, 2.24) is 4.90 Å². The van der Waals surface area contributed by atoms with Crippen molar-refractivity contribution in [3.8, 4) is 0 Å². The molecule has 1 amide bonds. The van der Waals surface area contributed by atoms with Gasteiger partial charge in [-0.1, -0.05) is 54.2 Å². The SMILES string of the molecule is CCOC(=O)CSC1=Nc2ccccc2C2=N[C@H](Cc3ccccc3)C(=O)N12. The smallest absolute Gasteiger partial charge is 0.316 e. The van der Waals surface area contributed by atoms with E-state index in [1.54, 1.807) is 11.8 Å². The topological polar surface area (TPSA) is 71.3 Å². The van der Waals surface area contributed by atoms with Crippen LogP contribution in [0.2, 0.25) is 0 Å². The third kappa shape index (κ3) is 3.57. The number of thioether (sulfide) groups is 1. The molecule has 142 valence electrons. The molecule has 0 bridgehead atoms. The van der Waals surface area contributed by atoms with Crippen molar-refractivity contribution < 1.29 is 14.3 Å². The van der Waals surface area contributed by atoms with Gasteiger partial charge in [-0.3, -0.25) is 14.6 Å². The van der Waals surface area contributed by atoms with Crippen molar-refractivity contribution >= 4 is 40.3 Å². The van der Waals surface area contributed by atoms with Gasteiger partial charge in [-0.15, -0.1) is 0 Å². The second kappa shape index (κ2) is 7.98. The Bertz CT molecular complexity index is 972. The molecule has 1 atom stereocenters. The lowest BCUT2D eigenvalue weighted by Gasteiger charge is -2.25. The van der Waals surface area contributed by atoms with E-state index in [9.17, 15) is 9.59 Å². The van der Waals surface area contributed by atoms with Gasteiger partial charge in [0.2, 0.25) is 0 Å². The van der Waals surface area contributed by atoms with Crippen LogP contribution in [0.1, 0.15) is 18.1 Å². The predicted octanol–water partition coefficient (Wildman–Crippen LogP) is 3.18. The molecule has 0 aliphatic carbocycles. The van der Waals surface area contributed by atoms with Gasteiger partial charge in [0.1, 0.15) is 11.9 Å². The number of ether oxygens (including phenoxy) is 1. The molecule has 0 radical (unpaired) electrons. The van der Waals surface area contributed by atoms with Crippen LogP contribution in [-0.4, -0.2) is 46.2 Å². The molecule has 0 unspecified atom stereocenters. The number of benzene rings is 2. The summed E-state index contributed by atoms with van der Waals surface area (Å²) in [7, 11) is 0. The highest BCUT2D eigenvalue weighted by Crippen LogP contribution is 2.34. The molecule has 7 heteroatoms. The second-order valence-corrected chi connectivity index (χ2v) is 7.28. The van der Waals surface area contributed by atoms with Crippen LogP contribution in [0.15, 0.2) is 64.6 Å². The summed E-state index contributed by atoms with van der Waals surface area (Å²) in [4.78, 5) is 35.8. The molecule has 2 heterocycles. The molecule has 2 aromatic rings. The number of rotatable bonds is 5. The quantitative estimate of drug-likeness (QED) is 0.732. The fourth-order valence-corrected chi connectivity index (χ4v) is 3.99. The third-order valence-electron chi connectivity index (χ3n) is 4.44. The van der Waals surface area contributed by atoms with Crippen LogP contribution in [0.25, 0.3) is 0 Å². The van der Waals surface area contributed by atoms with Crippen molar-refractivity contribution in [1.29, 1.82) is 0 Å². The molecule has 2 aliphatic rings. The summed E-state index contributed by atoms with van der Waals surface area (Å²) in [5.41, 5.74) is 2.62. The molecule has 0 N–H and O–H groups in total. The maximum atomic E-state index is 13.1. The average Bonchev–Trinajstić information content (AvgIpc) is 3.04. The number of carbonyl (C=O) groups is 2. The Morgan fingerprint density at radius 1 is 1.14 bits per heavy atom. The Balaban J connectivity index is 1.64. The van der Waals surface area contributed by atoms with Gasteiger partial charge in [0, 0.05) is 12.0 Å². The maximum absolute atomic E-state index is 13.1. The molecular formula is C21H19N3O3S. The second-order valence-electron chi connectivity index (χ2n) is 6.34. The largest absolute Gasteiger partial charge is 0.465 e. The number of amides is 1. The van der Waals surface area contributed by atoms with Crippen LogP contribution < -0.4 is 0 Å². The van der Waals surface area contributed by atoms with Crippen LogP contribution in [0.3, 0.4) is 0 Å². The molecule has 2 aromatic carbocycles. The van der Waals surface area contributed by atoms with Gasteiger partial charge < -0.3 is 4.74 Å². The molecule has 0 spiro atoms. The number of nitrogens with zero attached hydrogens (tertiary/aromatic N) is 3. The summed E-state index contributed by atoms with van der Waals surface area (Å²) >= 11 is 1.20. The molecule has 6 nitrogen and oxygen atoms in total. The number of carbonyl (C=O) groups excluding carboxylic acids is 2. The first kappa shape index (κ1) is 18.4. The van der Waals surface area contributed by atoms with E-state index in [1.165, 1.54) is 11.8 Å². The summed E-state index contributed by atoms with van der Waals surface area (Å²) in [6.45, 7) is 2.09. The van der Waals surface area contributed by atoms with Crippen LogP contribution in [-0.2, 0) is 20.7 Å². The molecule has 2 aliphatic heterocycles. The number of hydrogen-bond donors (Lipinski definition) is 0. The number of esters is 1. The first-order valence-corrected chi connectivity index (χ1v) is 10.1. The number of amidine groups is 2. The van der Waals surface area contributed by atoms with E-state index in [1.807, 2.05) is 54.6 Å². The summed E-state index contributed by atoms with van der Waals surface area (Å²) in [5.74, 6) is 0.237. The van der Waals surface area contributed by atoms with Crippen molar-refractivity contribution in [3.63, 3.8) is 0 Å². The van der Waals surface area contributed by atoms with E-state index in [-0.39, 0.29) is 17.6 Å². The maximum Gasteiger partial charge on any atom is 0.316 e. The van der Waals surface area contributed by atoms with Gasteiger partial charge in [-0.05, 0) is 24.6 Å². The van der Waals surface area contributed by atoms with Crippen LogP contribution in [0, 0.1) is 0 Å². The summed E-state index contributed by atoms with van der Waals surface area (Å²) < 4.78 is 4.99. The minimum Gasteiger partial charge on any atom is -0.465 e. The number of aliphatic imine (C=N–C) groups is 2. The Kier molecular flexibility index (Phi) is 5.25. The monoisotopic (exact) mass is 393 g/mol. The average molecular weight is 393 g/mol. The standard InChI is InChI=1S/C21H19N3O3S/c1-2-27-18(25)13-28-21-23-16-11-7-6-10-15(16)19-22-17(20(26)24(19)21)12-14-8-4-3-5-9-14/h3-11,17H,2,12-13H2,1H3/t17-/m1/s1. The number of hydrogen-bond acceptors (Lipinski definition) is 6. The van der Waals surface area contributed by atoms with Crippen LogP contribution in [0.4, 0.5) is 5.69 Å². The summed E-state index contributed by atoms with van der Waals surface area (Å²) in [6.07, 6.45) is 0.525. The molecule has 0 saturated heterocycles. The van der Waals surface area contributed by atoms with E-state index in [2.05, 4.69) is 4.99 Å². The minimum absolute atomic E-state index is 0.0925. The van der Waals surface area contributed by atoms with E-state index in [0.717, 1.165) is 16.8 Å². The normalized spacial score (nSPS) is 17.5. The fourth-order valence-electron chi connectivity index (χ4n) is 3.20. The lowest BCUT2D eigenvalue weighted by molar-refractivity contribution is -0.139. The van der Waals surface area contributed by atoms with Crippen molar-refractivity contribution in [2.75, 3.05) is 12.4 Å². The molecule has 0 saturated carbocycles. The molecule has 0 fully saturated rings. The van der Waals surface area contributed by atoms with E-state index >= 15 is 0 Å². The zero-order valence-electron chi connectivity index (χ0n) is 15.4. The van der Waals surface area contributed by atoms with Crippen LogP contribution >= 0.6 is 11.8 Å². The Labute approximate surface area is 167 Å². The molecule has 0 aromatic heterocycles. The number of para-hydroxylation sites is 1. The zero-order valence-corrected chi connectivity index (χ0v) is 16.2. The van der Waals surface area contributed by atoms with Crippen molar-refractivity contribution in [2.24, 2.45) is 9.98 Å². The van der Waals surface area contributed by atoms with Gasteiger partial charge >= 0.3 is 5.97 Å². The first-order valence-electron chi connectivity index (χ1n) is 9.09. The van der Waals surface area contributed by atoms with Gasteiger partial charge in [0.15, 0.2) is 5.17 Å². The lowest BCUT2D eigenvalue weighted by atomic mass is 10.1. The van der Waals surface area contributed by atoms with Gasteiger partial charge in [-0.25, -0.2) is 9.89 Å². The highest BCUT2D eigenvalue weighted by Gasteiger charge is 2.41. The Morgan fingerprint density at radius 2 is 1.89 bits per heavy atom. The minimum atomic E-state index is -0.503. The highest BCUT2D eigenvalue weighted by molar-refractivity contribution is 8.14. The summed E-state index contributed by atoms with van der Waals surface area (Å²) in [5, 5.41) is 0.464. The summed E-state index contributed by atoms with van der Waals surface area (Å²) in [6, 6.07) is 16.9. The van der Waals surface area contributed by atoms with Gasteiger partial charge in [-0.2, -0.15) is 0 Å². The van der Waals surface area contributed by atoms with Crippen LogP contribution in [0.5, 0.6) is 0 Å². The Morgan fingerprint density at radius 3 is 2.68 bits per heavy atom. The molecule has 4 rings (SSSR count). The first-order chi connectivity index (χ1) is 13.7. The Hall–Kier alpha value is -2.93. The molecule has 28 heavy (non-hydrogen) atoms. The highest BCUT2D eigenvalue weighted by atomic mass is 32.2. The van der Waals surface area contributed by atoms with Gasteiger partial charge in [0.25, 0.3) is 5.91 Å². The zero-order chi connectivity index (χ0) is 19.5. The fraction of sp³-hybridized carbons (Fsp3) is 0.238. The van der Waals surface area contributed by atoms with E-state index in [4.69, 9.17) is 9.73 Å². The number of fused-ring (bicyclic) bond motifs is 3. The van der Waals surface area contributed by atoms with E-state index < -0.39 is 6.04 Å². The lowest BCUT2D eigenvalue weighted by Crippen LogP contribution is -2.41. The van der Waals surface area contributed by atoms with Crippen molar-refractivity contribution in [2.45, 2.75) is 19.4 Å². The van der Waals surface area contributed by atoms with Crippen molar-refractivity contribution in [3.05, 3.63) is 65.7 Å². The predicted molar refractivity (Wildman–Crippen MR) is 110 cm³/mol. The van der Waals surface area contributed by atoms with Gasteiger partial charge in [0.05, 0.1) is 18.0 Å². The third-order valence-corrected chi connectivity index (χ3v) is 5.36.